The van der Waals surface area contributed by atoms with E-state index >= 15 is 0 Å². The molecule has 0 radical (unpaired) electrons. The van der Waals surface area contributed by atoms with E-state index in [1.165, 1.54) is 0 Å². The molecule has 20 heavy (non-hydrogen) atoms. The minimum absolute atomic E-state index is 0.00382. The molecule has 2 rings (SSSR count). The largest absolute Gasteiger partial charge is 0.479 e. The number of carbonyl (C=O) groups is 2. The number of carboxylic acid groups (broad SMARTS) is 1. The Bertz CT molecular complexity index is 504. The number of rotatable bonds is 4. The highest BCUT2D eigenvalue weighted by Crippen LogP contribution is 2.20. The van der Waals surface area contributed by atoms with E-state index in [4.69, 9.17) is 4.74 Å². The predicted molar refractivity (Wildman–Crippen MR) is 74.0 cm³/mol. The SMILES string of the molecule is CN(C)c1ccc(C(=O)NC2(C(=O)O)CCOC2)cc1. The van der Waals surface area contributed by atoms with Gasteiger partial charge in [0.15, 0.2) is 5.54 Å². The van der Waals surface area contributed by atoms with Gasteiger partial charge in [0.05, 0.1) is 6.61 Å². The van der Waals surface area contributed by atoms with Gasteiger partial charge in [-0.2, -0.15) is 0 Å². The van der Waals surface area contributed by atoms with E-state index in [2.05, 4.69) is 5.32 Å². The lowest BCUT2D eigenvalue weighted by Crippen LogP contribution is -2.55. The zero-order valence-corrected chi connectivity index (χ0v) is 11.5. The van der Waals surface area contributed by atoms with Gasteiger partial charge in [-0.05, 0) is 24.3 Å². The van der Waals surface area contributed by atoms with Crippen LogP contribution in [0.2, 0.25) is 0 Å². The van der Waals surface area contributed by atoms with Gasteiger partial charge in [-0.25, -0.2) is 4.79 Å². The van der Waals surface area contributed by atoms with Gasteiger partial charge in [-0.1, -0.05) is 0 Å². The van der Waals surface area contributed by atoms with Crippen molar-refractivity contribution >= 4 is 17.6 Å². The van der Waals surface area contributed by atoms with E-state index in [0.29, 0.717) is 12.2 Å². The Balaban J connectivity index is 2.13. The molecule has 1 aliphatic rings. The van der Waals surface area contributed by atoms with Crippen molar-refractivity contribution in [2.45, 2.75) is 12.0 Å². The first-order chi connectivity index (χ1) is 9.44. The molecule has 108 valence electrons. The fourth-order valence-corrected chi connectivity index (χ4v) is 2.09. The average Bonchev–Trinajstić information content (AvgIpc) is 2.88. The molecule has 2 N–H and O–H groups in total. The lowest BCUT2D eigenvalue weighted by Gasteiger charge is -2.23. The summed E-state index contributed by atoms with van der Waals surface area (Å²) in [5, 5.41) is 11.9. The van der Waals surface area contributed by atoms with Crippen LogP contribution in [0.1, 0.15) is 16.8 Å². The molecule has 0 spiro atoms. The second-order valence-electron chi connectivity index (χ2n) is 5.09. The van der Waals surface area contributed by atoms with Crippen LogP contribution in [0.15, 0.2) is 24.3 Å². The Morgan fingerprint density at radius 3 is 2.40 bits per heavy atom. The molecule has 1 atom stereocenters. The number of carbonyl (C=O) groups excluding carboxylic acids is 1. The molecular formula is C14H18N2O4. The Hall–Kier alpha value is -2.08. The van der Waals surface area contributed by atoms with Crippen LogP contribution >= 0.6 is 0 Å². The maximum absolute atomic E-state index is 12.1. The standard InChI is InChI=1S/C14H18N2O4/c1-16(2)11-5-3-10(4-6-11)12(17)15-14(13(18)19)7-8-20-9-14/h3-6H,7-9H2,1-2H3,(H,15,17)(H,18,19). The zero-order chi connectivity index (χ0) is 14.8. The van der Waals surface area contributed by atoms with E-state index in [1.807, 2.05) is 31.1 Å². The summed E-state index contributed by atoms with van der Waals surface area (Å²) in [5.41, 5.74) is 0.0962. The van der Waals surface area contributed by atoms with Crippen molar-refractivity contribution in [3.8, 4) is 0 Å². The number of anilines is 1. The number of amides is 1. The highest BCUT2D eigenvalue weighted by Gasteiger charge is 2.44. The fraction of sp³-hybridized carbons (Fsp3) is 0.429. The van der Waals surface area contributed by atoms with Crippen LogP contribution in [0.4, 0.5) is 5.69 Å². The third kappa shape index (κ3) is 2.75. The van der Waals surface area contributed by atoms with E-state index in [1.54, 1.807) is 12.1 Å². The smallest absolute Gasteiger partial charge is 0.331 e. The van der Waals surface area contributed by atoms with Crippen LogP contribution in [0.3, 0.4) is 0 Å². The fourth-order valence-electron chi connectivity index (χ4n) is 2.09. The van der Waals surface area contributed by atoms with Crippen LogP contribution in [-0.2, 0) is 9.53 Å². The van der Waals surface area contributed by atoms with Crippen molar-refractivity contribution in [3.63, 3.8) is 0 Å². The third-order valence-electron chi connectivity index (χ3n) is 3.43. The average molecular weight is 278 g/mol. The molecule has 1 unspecified atom stereocenters. The second-order valence-corrected chi connectivity index (χ2v) is 5.09. The van der Waals surface area contributed by atoms with E-state index in [9.17, 15) is 14.7 Å². The Kier molecular flexibility index (Phi) is 3.94. The molecule has 1 amide bonds. The first-order valence-electron chi connectivity index (χ1n) is 6.36. The van der Waals surface area contributed by atoms with Gasteiger partial charge in [0.25, 0.3) is 5.91 Å². The van der Waals surface area contributed by atoms with Crippen LogP contribution in [0.5, 0.6) is 0 Å². The topological polar surface area (TPSA) is 78.9 Å². The minimum Gasteiger partial charge on any atom is -0.479 e. The van der Waals surface area contributed by atoms with Crippen molar-refractivity contribution in [1.29, 1.82) is 0 Å². The quantitative estimate of drug-likeness (QED) is 0.848. The predicted octanol–water partition coefficient (Wildman–Crippen LogP) is 0.726. The van der Waals surface area contributed by atoms with Gasteiger partial charge in [-0.3, -0.25) is 4.79 Å². The van der Waals surface area contributed by atoms with Gasteiger partial charge < -0.3 is 20.1 Å². The second kappa shape index (κ2) is 5.50. The Morgan fingerprint density at radius 1 is 1.30 bits per heavy atom. The van der Waals surface area contributed by atoms with Gasteiger partial charge in [0.1, 0.15) is 0 Å². The number of hydrogen-bond acceptors (Lipinski definition) is 4. The van der Waals surface area contributed by atoms with Gasteiger partial charge in [0.2, 0.25) is 0 Å². The third-order valence-corrected chi connectivity index (χ3v) is 3.43. The summed E-state index contributed by atoms with van der Waals surface area (Å²) in [4.78, 5) is 25.4. The van der Waals surface area contributed by atoms with Gasteiger partial charge >= 0.3 is 5.97 Å². The Labute approximate surface area is 117 Å². The van der Waals surface area contributed by atoms with Crippen LogP contribution in [0.25, 0.3) is 0 Å². The first-order valence-corrected chi connectivity index (χ1v) is 6.36. The molecule has 0 saturated carbocycles. The van der Waals surface area contributed by atoms with E-state index in [0.717, 1.165) is 5.69 Å². The van der Waals surface area contributed by atoms with E-state index < -0.39 is 17.4 Å². The Morgan fingerprint density at radius 2 is 1.95 bits per heavy atom. The molecule has 6 heteroatoms. The number of aliphatic carboxylic acids is 1. The number of benzene rings is 1. The summed E-state index contributed by atoms with van der Waals surface area (Å²) in [6.07, 6.45) is 0.282. The van der Waals surface area contributed by atoms with Gasteiger partial charge in [-0.15, -0.1) is 0 Å². The van der Waals surface area contributed by atoms with Crippen molar-refractivity contribution in [2.75, 3.05) is 32.2 Å². The first kappa shape index (κ1) is 14.3. The lowest BCUT2D eigenvalue weighted by atomic mass is 9.98. The number of hydrogen-bond donors (Lipinski definition) is 2. The van der Waals surface area contributed by atoms with Crippen molar-refractivity contribution in [2.24, 2.45) is 0 Å². The highest BCUT2D eigenvalue weighted by atomic mass is 16.5. The van der Waals surface area contributed by atoms with Crippen molar-refractivity contribution < 1.29 is 19.4 Å². The van der Waals surface area contributed by atoms with Crippen molar-refractivity contribution in [1.82, 2.24) is 5.32 Å². The van der Waals surface area contributed by atoms with Crippen LogP contribution in [0, 0.1) is 0 Å². The summed E-state index contributed by atoms with van der Waals surface area (Å²) in [6.45, 7) is 0.343. The molecule has 1 aromatic rings. The summed E-state index contributed by atoms with van der Waals surface area (Å²) < 4.78 is 5.11. The summed E-state index contributed by atoms with van der Waals surface area (Å²) >= 11 is 0. The van der Waals surface area contributed by atoms with E-state index in [-0.39, 0.29) is 13.0 Å². The van der Waals surface area contributed by atoms with Gasteiger partial charge in [0, 0.05) is 38.4 Å². The number of nitrogens with zero attached hydrogens (tertiary/aromatic N) is 1. The minimum atomic E-state index is -1.31. The molecule has 0 aromatic heterocycles. The molecule has 1 aliphatic heterocycles. The molecule has 0 aliphatic carbocycles. The molecular weight excluding hydrogens is 260 g/mol. The zero-order valence-electron chi connectivity index (χ0n) is 11.5. The monoisotopic (exact) mass is 278 g/mol. The molecule has 1 fully saturated rings. The summed E-state index contributed by atoms with van der Waals surface area (Å²) in [7, 11) is 3.81. The van der Waals surface area contributed by atoms with Crippen molar-refractivity contribution in [3.05, 3.63) is 29.8 Å². The van der Waals surface area contributed by atoms with Crippen LogP contribution < -0.4 is 10.2 Å². The number of ether oxygens (including phenoxy) is 1. The highest BCUT2D eigenvalue weighted by molar-refractivity contribution is 5.98. The number of carboxylic acids is 1. The maximum Gasteiger partial charge on any atom is 0.331 e. The summed E-state index contributed by atoms with van der Waals surface area (Å²) in [5.74, 6) is -1.46. The molecule has 1 heterocycles. The molecule has 1 saturated heterocycles. The lowest BCUT2D eigenvalue weighted by molar-refractivity contribution is -0.144. The molecule has 1 aromatic carbocycles. The maximum atomic E-state index is 12.1. The molecule has 0 bridgehead atoms. The molecule has 6 nitrogen and oxygen atoms in total. The number of nitrogens with one attached hydrogen (secondary N) is 1. The normalized spacial score (nSPS) is 21.5. The summed E-state index contributed by atoms with van der Waals surface area (Å²) in [6, 6.07) is 6.98. The van der Waals surface area contributed by atoms with Crippen LogP contribution in [-0.4, -0.2) is 49.8 Å².